The van der Waals surface area contributed by atoms with E-state index in [4.69, 9.17) is 4.74 Å². The summed E-state index contributed by atoms with van der Waals surface area (Å²) in [5.74, 6) is 0. The van der Waals surface area contributed by atoms with Gasteiger partial charge in [0.1, 0.15) is 0 Å². The lowest BCUT2D eigenvalue weighted by molar-refractivity contribution is 0.0446. The van der Waals surface area contributed by atoms with E-state index in [9.17, 15) is 0 Å². The second-order valence-electron chi connectivity index (χ2n) is 5.23. The number of ether oxygens (including phenoxy) is 1. The Morgan fingerprint density at radius 3 is 3.06 bits per heavy atom. The number of nitrogens with zero attached hydrogens (tertiary/aromatic N) is 2. The highest BCUT2D eigenvalue weighted by Gasteiger charge is 2.26. The SMILES string of the molecule is CC1(NCc2cnn3ccccc23)CCOCC1. The first kappa shape index (κ1) is 11.7. The Hall–Kier alpha value is -1.39. The molecule has 0 saturated carbocycles. The van der Waals surface area contributed by atoms with Crippen molar-refractivity contribution >= 4 is 5.52 Å². The van der Waals surface area contributed by atoms with E-state index in [2.05, 4.69) is 29.5 Å². The van der Waals surface area contributed by atoms with Crippen molar-refractivity contribution < 1.29 is 4.74 Å². The van der Waals surface area contributed by atoms with Crippen LogP contribution >= 0.6 is 0 Å². The predicted octanol–water partition coefficient (Wildman–Crippen LogP) is 1.99. The van der Waals surface area contributed by atoms with Crippen molar-refractivity contribution in [1.29, 1.82) is 0 Å². The molecule has 1 saturated heterocycles. The van der Waals surface area contributed by atoms with Gasteiger partial charge in [-0.2, -0.15) is 5.10 Å². The van der Waals surface area contributed by atoms with Crippen LogP contribution in [0, 0.1) is 0 Å². The minimum Gasteiger partial charge on any atom is -0.381 e. The first-order valence-electron chi connectivity index (χ1n) is 6.51. The molecule has 0 unspecified atom stereocenters. The molecule has 0 bridgehead atoms. The summed E-state index contributed by atoms with van der Waals surface area (Å²) < 4.78 is 7.34. The van der Waals surface area contributed by atoms with Gasteiger partial charge in [0.05, 0.1) is 11.7 Å². The Labute approximate surface area is 107 Å². The molecule has 4 heteroatoms. The van der Waals surface area contributed by atoms with Crippen molar-refractivity contribution in [2.24, 2.45) is 0 Å². The normalized spacial score (nSPS) is 19.2. The Balaban J connectivity index is 1.73. The fourth-order valence-corrected chi connectivity index (χ4v) is 2.43. The molecule has 2 aromatic rings. The van der Waals surface area contributed by atoms with Crippen molar-refractivity contribution in [3.63, 3.8) is 0 Å². The molecule has 0 radical (unpaired) electrons. The van der Waals surface area contributed by atoms with Crippen molar-refractivity contribution in [3.05, 3.63) is 36.2 Å². The van der Waals surface area contributed by atoms with E-state index < -0.39 is 0 Å². The van der Waals surface area contributed by atoms with Gasteiger partial charge in [-0.25, -0.2) is 4.52 Å². The van der Waals surface area contributed by atoms with Crippen LogP contribution in [0.2, 0.25) is 0 Å². The van der Waals surface area contributed by atoms with Crippen LogP contribution in [0.3, 0.4) is 0 Å². The Morgan fingerprint density at radius 2 is 2.22 bits per heavy atom. The van der Waals surface area contributed by atoms with E-state index in [-0.39, 0.29) is 5.54 Å². The number of pyridine rings is 1. The molecule has 96 valence electrons. The lowest BCUT2D eigenvalue weighted by atomic mass is 9.92. The molecule has 0 amide bonds. The highest BCUT2D eigenvalue weighted by molar-refractivity contribution is 5.53. The van der Waals surface area contributed by atoms with Crippen LogP contribution < -0.4 is 5.32 Å². The topological polar surface area (TPSA) is 38.6 Å². The van der Waals surface area contributed by atoms with Gasteiger partial charge in [-0.3, -0.25) is 0 Å². The van der Waals surface area contributed by atoms with E-state index in [1.807, 2.05) is 23.0 Å². The Morgan fingerprint density at radius 1 is 1.39 bits per heavy atom. The highest BCUT2D eigenvalue weighted by Crippen LogP contribution is 2.21. The summed E-state index contributed by atoms with van der Waals surface area (Å²) in [4.78, 5) is 0. The third-order valence-electron chi connectivity index (χ3n) is 3.81. The lowest BCUT2D eigenvalue weighted by Gasteiger charge is -2.34. The Bertz CT molecular complexity index is 529. The minimum absolute atomic E-state index is 0.196. The van der Waals surface area contributed by atoms with Gasteiger partial charge in [0.15, 0.2) is 0 Å². The van der Waals surface area contributed by atoms with Crippen molar-refractivity contribution in [1.82, 2.24) is 14.9 Å². The van der Waals surface area contributed by atoms with Crippen LogP contribution in [-0.2, 0) is 11.3 Å². The Kier molecular flexibility index (Phi) is 3.06. The molecule has 4 nitrogen and oxygen atoms in total. The summed E-state index contributed by atoms with van der Waals surface area (Å²) in [6.07, 6.45) is 6.08. The quantitative estimate of drug-likeness (QED) is 0.898. The summed E-state index contributed by atoms with van der Waals surface area (Å²) in [6.45, 7) is 4.86. The van der Waals surface area contributed by atoms with Crippen LogP contribution in [0.15, 0.2) is 30.6 Å². The van der Waals surface area contributed by atoms with Crippen molar-refractivity contribution in [3.8, 4) is 0 Å². The average Bonchev–Trinajstić information content (AvgIpc) is 2.81. The van der Waals surface area contributed by atoms with E-state index in [0.717, 1.165) is 32.6 Å². The van der Waals surface area contributed by atoms with Gasteiger partial charge in [0, 0.05) is 37.1 Å². The zero-order valence-electron chi connectivity index (χ0n) is 10.7. The van der Waals surface area contributed by atoms with Crippen molar-refractivity contribution in [2.75, 3.05) is 13.2 Å². The van der Waals surface area contributed by atoms with Crippen LogP contribution in [0.25, 0.3) is 5.52 Å². The minimum atomic E-state index is 0.196. The van der Waals surface area contributed by atoms with Gasteiger partial charge < -0.3 is 10.1 Å². The van der Waals surface area contributed by atoms with Crippen LogP contribution in [0.4, 0.5) is 0 Å². The van der Waals surface area contributed by atoms with Gasteiger partial charge in [0.25, 0.3) is 0 Å². The first-order valence-corrected chi connectivity index (χ1v) is 6.51. The summed E-state index contributed by atoms with van der Waals surface area (Å²) in [7, 11) is 0. The van der Waals surface area contributed by atoms with Gasteiger partial charge >= 0.3 is 0 Å². The fraction of sp³-hybridized carbons (Fsp3) is 0.500. The van der Waals surface area contributed by atoms with Gasteiger partial charge in [-0.15, -0.1) is 0 Å². The summed E-state index contributed by atoms with van der Waals surface area (Å²) in [5, 5.41) is 8.02. The molecule has 18 heavy (non-hydrogen) atoms. The van der Waals surface area contributed by atoms with E-state index in [0.29, 0.717) is 0 Å². The van der Waals surface area contributed by atoms with Crippen LogP contribution in [0.1, 0.15) is 25.3 Å². The second-order valence-corrected chi connectivity index (χ2v) is 5.23. The molecule has 1 aliphatic heterocycles. The molecule has 3 heterocycles. The van der Waals surface area contributed by atoms with Gasteiger partial charge in [0.2, 0.25) is 0 Å². The zero-order valence-corrected chi connectivity index (χ0v) is 10.7. The highest BCUT2D eigenvalue weighted by atomic mass is 16.5. The summed E-state index contributed by atoms with van der Waals surface area (Å²) >= 11 is 0. The van der Waals surface area contributed by atoms with Gasteiger partial charge in [-0.05, 0) is 31.9 Å². The van der Waals surface area contributed by atoms with Crippen molar-refractivity contribution in [2.45, 2.75) is 31.8 Å². The number of hydrogen-bond acceptors (Lipinski definition) is 3. The molecular weight excluding hydrogens is 226 g/mol. The number of hydrogen-bond donors (Lipinski definition) is 1. The maximum absolute atomic E-state index is 5.42. The summed E-state index contributed by atoms with van der Waals surface area (Å²) in [5.41, 5.74) is 2.63. The third-order valence-corrected chi connectivity index (χ3v) is 3.81. The zero-order chi connectivity index (χ0) is 12.4. The second kappa shape index (κ2) is 4.71. The maximum atomic E-state index is 5.42. The molecule has 1 N–H and O–H groups in total. The molecule has 1 fully saturated rings. The number of nitrogens with one attached hydrogen (secondary N) is 1. The molecule has 0 aliphatic carbocycles. The number of fused-ring (bicyclic) bond motifs is 1. The van der Waals surface area contributed by atoms with E-state index in [1.54, 1.807) is 0 Å². The van der Waals surface area contributed by atoms with E-state index >= 15 is 0 Å². The van der Waals surface area contributed by atoms with Crippen LogP contribution in [-0.4, -0.2) is 28.4 Å². The number of rotatable bonds is 3. The van der Waals surface area contributed by atoms with Gasteiger partial charge in [-0.1, -0.05) is 6.07 Å². The largest absolute Gasteiger partial charge is 0.381 e. The predicted molar refractivity (Wildman–Crippen MR) is 70.5 cm³/mol. The fourth-order valence-electron chi connectivity index (χ4n) is 2.43. The van der Waals surface area contributed by atoms with Crippen LogP contribution in [0.5, 0.6) is 0 Å². The lowest BCUT2D eigenvalue weighted by Crippen LogP contribution is -2.46. The third kappa shape index (κ3) is 2.26. The molecular formula is C14H19N3O. The first-order chi connectivity index (χ1) is 8.77. The molecule has 0 aromatic carbocycles. The summed E-state index contributed by atoms with van der Waals surface area (Å²) in [6, 6.07) is 6.16. The molecule has 2 aromatic heterocycles. The number of aromatic nitrogens is 2. The maximum Gasteiger partial charge on any atom is 0.0706 e. The standard InChI is InChI=1S/C14H19N3O/c1-14(5-8-18-9-6-14)15-10-12-11-16-17-7-3-2-4-13(12)17/h2-4,7,11,15H,5-6,8-10H2,1H3. The molecule has 3 rings (SSSR count). The smallest absolute Gasteiger partial charge is 0.0706 e. The monoisotopic (exact) mass is 245 g/mol. The average molecular weight is 245 g/mol. The molecule has 0 spiro atoms. The molecule has 1 aliphatic rings. The molecule has 0 atom stereocenters. The van der Waals surface area contributed by atoms with E-state index in [1.165, 1.54) is 11.1 Å².